The minimum atomic E-state index is -0.391. The third kappa shape index (κ3) is 5.67. The second kappa shape index (κ2) is 8.47. The minimum absolute atomic E-state index is 0.0879. The molecule has 0 radical (unpaired) electrons. The van der Waals surface area contributed by atoms with Gasteiger partial charge in [-0.3, -0.25) is 4.90 Å². The highest BCUT2D eigenvalue weighted by Crippen LogP contribution is 2.18. The zero-order valence-electron chi connectivity index (χ0n) is 13.4. The first-order chi connectivity index (χ1) is 9.41. The highest BCUT2D eigenvalue weighted by Gasteiger charge is 2.24. The van der Waals surface area contributed by atoms with E-state index < -0.39 is 6.10 Å². The van der Waals surface area contributed by atoms with Crippen LogP contribution < -0.4 is 10.6 Å². The summed E-state index contributed by atoms with van der Waals surface area (Å²) in [6, 6.07) is 0.693. The number of nitrogens with zero attached hydrogens (tertiary/aromatic N) is 1. The van der Waals surface area contributed by atoms with Crippen molar-refractivity contribution in [1.29, 1.82) is 0 Å². The number of nitrogens with one attached hydrogen (secondary N) is 2. The third-order valence-corrected chi connectivity index (χ3v) is 4.03. The molecule has 0 saturated heterocycles. The van der Waals surface area contributed by atoms with Crippen LogP contribution in [0.3, 0.4) is 0 Å². The van der Waals surface area contributed by atoms with E-state index in [9.17, 15) is 9.90 Å². The van der Waals surface area contributed by atoms with Crippen molar-refractivity contribution in [2.24, 2.45) is 0 Å². The lowest BCUT2D eigenvalue weighted by Gasteiger charge is -2.31. The van der Waals surface area contributed by atoms with Crippen molar-refractivity contribution in [3.05, 3.63) is 0 Å². The Morgan fingerprint density at radius 2 is 1.80 bits per heavy atom. The molecule has 0 aliphatic heterocycles. The van der Waals surface area contributed by atoms with Crippen LogP contribution in [-0.4, -0.2) is 53.4 Å². The maximum Gasteiger partial charge on any atom is 0.315 e. The number of urea groups is 1. The Morgan fingerprint density at radius 1 is 1.20 bits per heavy atom. The molecular weight excluding hydrogens is 254 g/mol. The molecular formula is C15H31N3O2. The monoisotopic (exact) mass is 285 g/mol. The summed E-state index contributed by atoms with van der Waals surface area (Å²) in [5.74, 6) is 0. The van der Waals surface area contributed by atoms with Gasteiger partial charge in [0, 0.05) is 25.2 Å². The standard InChI is InChI=1S/C15H31N3O2/c1-11(2)18(12(3)4)10-9-16-15(20)17-13-7-5-6-8-14(13)19/h11-14,19H,5-10H2,1-4H3,(H2,16,17,20). The fourth-order valence-corrected chi connectivity index (χ4v) is 2.91. The molecule has 1 aliphatic rings. The van der Waals surface area contributed by atoms with Gasteiger partial charge in [-0.1, -0.05) is 12.8 Å². The zero-order chi connectivity index (χ0) is 15.1. The number of aliphatic hydroxyl groups excluding tert-OH is 1. The topological polar surface area (TPSA) is 64.6 Å². The van der Waals surface area contributed by atoms with Crippen molar-refractivity contribution in [2.75, 3.05) is 13.1 Å². The van der Waals surface area contributed by atoms with Crippen molar-refractivity contribution in [3.63, 3.8) is 0 Å². The molecule has 0 spiro atoms. The SMILES string of the molecule is CC(C)N(CCNC(=O)NC1CCCCC1O)C(C)C. The van der Waals surface area contributed by atoms with Crippen LogP contribution in [0.2, 0.25) is 0 Å². The van der Waals surface area contributed by atoms with Crippen LogP contribution in [0.1, 0.15) is 53.4 Å². The molecule has 20 heavy (non-hydrogen) atoms. The number of carbonyl (C=O) groups is 1. The largest absolute Gasteiger partial charge is 0.391 e. The predicted molar refractivity (Wildman–Crippen MR) is 81.8 cm³/mol. The van der Waals surface area contributed by atoms with E-state index in [0.717, 1.165) is 32.2 Å². The molecule has 1 saturated carbocycles. The van der Waals surface area contributed by atoms with E-state index in [1.54, 1.807) is 0 Å². The minimum Gasteiger partial charge on any atom is -0.391 e. The van der Waals surface area contributed by atoms with Crippen LogP contribution in [-0.2, 0) is 0 Å². The van der Waals surface area contributed by atoms with E-state index in [-0.39, 0.29) is 12.1 Å². The Labute approximate surface area is 123 Å². The fourth-order valence-electron chi connectivity index (χ4n) is 2.91. The molecule has 1 fully saturated rings. The van der Waals surface area contributed by atoms with Gasteiger partial charge in [-0.15, -0.1) is 0 Å². The number of hydrogen-bond donors (Lipinski definition) is 3. The molecule has 2 amide bonds. The van der Waals surface area contributed by atoms with Gasteiger partial charge in [-0.25, -0.2) is 4.79 Å². The van der Waals surface area contributed by atoms with E-state index in [1.807, 2.05) is 0 Å². The molecule has 0 aromatic heterocycles. The second-order valence-electron chi connectivity index (χ2n) is 6.28. The van der Waals surface area contributed by atoms with Crippen molar-refractivity contribution in [2.45, 2.75) is 77.6 Å². The van der Waals surface area contributed by atoms with Gasteiger partial charge in [0.05, 0.1) is 12.1 Å². The number of rotatable bonds is 6. The highest BCUT2D eigenvalue weighted by molar-refractivity contribution is 5.74. The molecule has 1 rings (SSSR count). The van der Waals surface area contributed by atoms with Crippen LogP contribution in [0.5, 0.6) is 0 Å². The van der Waals surface area contributed by atoms with Crippen LogP contribution in [0.4, 0.5) is 4.79 Å². The lowest BCUT2D eigenvalue weighted by molar-refractivity contribution is 0.0941. The summed E-state index contributed by atoms with van der Waals surface area (Å²) in [4.78, 5) is 14.2. The lowest BCUT2D eigenvalue weighted by Crippen LogP contribution is -2.50. The first-order valence-corrected chi connectivity index (χ1v) is 7.90. The van der Waals surface area contributed by atoms with Gasteiger partial charge in [0.1, 0.15) is 0 Å². The summed E-state index contributed by atoms with van der Waals surface area (Å²) in [7, 11) is 0. The summed E-state index contributed by atoms with van der Waals surface area (Å²) in [5, 5.41) is 15.6. The number of amides is 2. The van der Waals surface area contributed by atoms with Crippen LogP contribution in [0.15, 0.2) is 0 Å². The quantitative estimate of drug-likeness (QED) is 0.696. The normalized spacial score (nSPS) is 23.4. The lowest BCUT2D eigenvalue weighted by atomic mass is 9.93. The summed E-state index contributed by atoms with van der Waals surface area (Å²) >= 11 is 0. The van der Waals surface area contributed by atoms with E-state index in [1.165, 1.54) is 0 Å². The van der Waals surface area contributed by atoms with E-state index in [4.69, 9.17) is 0 Å². The molecule has 5 nitrogen and oxygen atoms in total. The van der Waals surface area contributed by atoms with Gasteiger partial charge >= 0.3 is 6.03 Å². The zero-order valence-corrected chi connectivity index (χ0v) is 13.4. The van der Waals surface area contributed by atoms with E-state index in [0.29, 0.717) is 18.6 Å². The highest BCUT2D eigenvalue weighted by atomic mass is 16.3. The first-order valence-electron chi connectivity index (χ1n) is 7.90. The van der Waals surface area contributed by atoms with Gasteiger partial charge < -0.3 is 15.7 Å². The molecule has 1 aliphatic carbocycles. The smallest absolute Gasteiger partial charge is 0.315 e. The predicted octanol–water partition coefficient (Wildman–Crippen LogP) is 1.71. The molecule has 2 atom stereocenters. The summed E-state index contributed by atoms with van der Waals surface area (Å²) in [5.41, 5.74) is 0. The van der Waals surface area contributed by atoms with Crippen LogP contribution in [0, 0.1) is 0 Å². The van der Waals surface area contributed by atoms with Crippen molar-refractivity contribution >= 4 is 6.03 Å². The van der Waals surface area contributed by atoms with Gasteiger partial charge in [0.15, 0.2) is 0 Å². The molecule has 3 N–H and O–H groups in total. The number of carbonyl (C=O) groups excluding carboxylic acids is 1. The Balaban J connectivity index is 2.25. The molecule has 118 valence electrons. The van der Waals surface area contributed by atoms with Gasteiger partial charge in [0.2, 0.25) is 0 Å². The second-order valence-corrected chi connectivity index (χ2v) is 6.28. The molecule has 0 heterocycles. The molecule has 0 aromatic carbocycles. The van der Waals surface area contributed by atoms with Gasteiger partial charge in [0.25, 0.3) is 0 Å². The maximum atomic E-state index is 11.8. The van der Waals surface area contributed by atoms with E-state index >= 15 is 0 Å². The summed E-state index contributed by atoms with van der Waals surface area (Å²) < 4.78 is 0. The van der Waals surface area contributed by atoms with Crippen LogP contribution in [0.25, 0.3) is 0 Å². The fraction of sp³-hybridized carbons (Fsp3) is 0.933. The van der Waals surface area contributed by atoms with Gasteiger partial charge in [-0.2, -0.15) is 0 Å². The number of hydrogen-bond acceptors (Lipinski definition) is 3. The third-order valence-electron chi connectivity index (χ3n) is 4.03. The van der Waals surface area contributed by atoms with Gasteiger partial charge in [-0.05, 0) is 40.5 Å². The average Bonchev–Trinajstić information content (AvgIpc) is 2.36. The Kier molecular flexibility index (Phi) is 7.30. The Morgan fingerprint density at radius 3 is 2.35 bits per heavy atom. The maximum absolute atomic E-state index is 11.8. The Hall–Kier alpha value is -0.810. The molecule has 5 heteroatoms. The van der Waals surface area contributed by atoms with Crippen LogP contribution >= 0.6 is 0 Å². The first kappa shape index (κ1) is 17.2. The van der Waals surface area contributed by atoms with E-state index in [2.05, 4.69) is 43.2 Å². The van der Waals surface area contributed by atoms with Crippen molar-refractivity contribution in [3.8, 4) is 0 Å². The Bertz CT molecular complexity index is 287. The summed E-state index contributed by atoms with van der Waals surface area (Å²) in [6.45, 7) is 10.1. The summed E-state index contributed by atoms with van der Waals surface area (Å²) in [6.07, 6.45) is 3.41. The molecule has 0 bridgehead atoms. The van der Waals surface area contributed by atoms with Crippen molar-refractivity contribution < 1.29 is 9.90 Å². The molecule has 2 unspecified atom stereocenters. The molecule has 0 aromatic rings. The number of aliphatic hydroxyl groups is 1. The van der Waals surface area contributed by atoms with Crippen molar-refractivity contribution in [1.82, 2.24) is 15.5 Å². The average molecular weight is 285 g/mol.